The first-order valence-electron chi connectivity index (χ1n) is 9.12. The van der Waals surface area contributed by atoms with Gasteiger partial charge in [0.15, 0.2) is 10.9 Å². The van der Waals surface area contributed by atoms with Crippen LogP contribution in [0.3, 0.4) is 0 Å². The van der Waals surface area contributed by atoms with Crippen molar-refractivity contribution < 1.29 is 22.7 Å². The van der Waals surface area contributed by atoms with Crippen LogP contribution in [0.25, 0.3) is 10.8 Å². The van der Waals surface area contributed by atoms with Crippen molar-refractivity contribution in [2.75, 3.05) is 5.75 Å². The lowest BCUT2D eigenvalue weighted by Gasteiger charge is -2.09. The monoisotopic (exact) mass is 480 g/mol. The number of carbonyl (C=O) groups excluding carboxylic acids is 1. The molecule has 0 bridgehead atoms. The molecule has 0 aliphatic rings. The highest BCUT2D eigenvalue weighted by Gasteiger charge is 2.31. The van der Waals surface area contributed by atoms with Crippen molar-refractivity contribution in [3.8, 4) is 16.6 Å². The molecule has 4 rings (SSSR count). The van der Waals surface area contributed by atoms with E-state index in [0.29, 0.717) is 16.4 Å². The van der Waals surface area contributed by atoms with Crippen LogP contribution in [0.1, 0.15) is 21.7 Å². The van der Waals surface area contributed by atoms with Gasteiger partial charge in [0, 0.05) is 28.5 Å². The number of hydrogen-bond donors (Lipinski definition) is 0. The second-order valence-electron chi connectivity index (χ2n) is 6.56. The molecule has 166 valence electrons. The highest BCUT2D eigenvalue weighted by molar-refractivity contribution is 7.99. The Hall–Kier alpha value is -3.19. The number of hydrogen-bond acceptors (Lipinski definition) is 8. The second kappa shape index (κ2) is 8.74. The molecule has 0 unspecified atom stereocenters. The Morgan fingerprint density at radius 2 is 1.97 bits per heavy atom. The number of aromatic nitrogens is 6. The lowest BCUT2D eigenvalue weighted by molar-refractivity contribution is -0.274. The van der Waals surface area contributed by atoms with Crippen molar-refractivity contribution in [3.63, 3.8) is 0 Å². The van der Waals surface area contributed by atoms with Gasteiger partial charge in [-0.05, 0) is 54.6 Å². The maximum absolute atomic E-state index is 12.9. The van der Waals surface area contributed by atoms with Gasteiger partial charge in [-0.3, -0.25) is 9.36 Å². The number of ketones is 1. The molecule has 0 saturated carbocycles. The molecule has 3 aromatic heterocycles. The lowest BCUT2D eigenvalue weighted by atomic mass is 10.2. The maximum Gasteiger partial charge on any atom is 0.573 e. The molecule has 0 N–H and O–H groups in total. The largest absolute Gasteiger partial charge is 0.573 e. The van der Waals surface area contributed by atoms with Crippen molar-refractivity contribution in [2.45, 2.75) is 25.4 Å². The van der Waals surface area contributed by atoms with E-state index >= 15 is 0 Å². The summed E-state index contributed by atoms with van der Waals surface area (Å²) in [7, 11) is 0. The Morgan fingerprint density at radius 1 is 1.22 bits per heavy atom. The van der Waals surface area contributed by atoms with Crippen LogP contribution >= 0.6 is 23.1 Å². The second-order valence-corrected chi connectivity index (χ2v) is 8.38. The summed E-state index contributed by atoms with van der Waals surface area (Å²) in [5, 5.41) is 14.4. The molecule has 1 aromatic carbocycles. The van der Waals surface area contributed by atoms with Gasteiger partial charge in [0.2, 0.25) is 5.16 Å². The van der Waals surface area contributed by atoms with Crippen LogP contribution in [0.5, 0.6) is 5.75 Å². The maximum atomic E-state index is 12.9. The smallest absolute Gasteiger partial charge is 0.406 e. The molecule has 8 nitrogen and oxygen atoms in total. The number of rotatable bonds is 7. The zero-order valence-corrected chi connectivity index (χ0v) is 18.3. The Bertz CT molecular complexity index is 1230. The van der Waals surface area contributed by atoms with Crippen molar-refractivity contribution in [1.29, 1.82) is 0 Å². The number of thioether (sulfide) groups is 1. The van der Waals surface area contributed by atoms with E-state index in [1.165, 1.54) is 28.2 Å². The molecular formula is C19H15F3N6O2S2. The van der Waals surface area contributed by atoms with Gasteiger partial charge in [0.05, 0.1) is 11.4 Å². The van der Waals surface area contributed by atoms with Gasteiger partial charge in [-0.1, -0.05) is 11.8 Å². The van der Waals surface area contributed by atoms with Crippen molar-refractivity contribution in [2.24, 2.45) is 0 Å². The number of benzene rings is 1. The lowest BCUT2D eigenvalue weighted by Crippen LogP contribution is -2.17. The summed E-state index contributed by atoms with van der Waals surface area (Å²) in [6.45, 7) is 3.77. The quantitative estimate of drug-likeness (QED) is 0.286. The summed E-state index contributed by atoms with van der Waals surface area (Å²) < 4.78 is 44.1. The number of ether oxygens (including phenoxy) is 1. The van der Waals surface area contributed by atoms with Gasteiger partial charge < -0.3 is 4.74 Å². The topological polar surface area (TPSA) is 87.7 Å². The molecule has 32 heavy (non-hydrogen) atoms. The van der Waals surface area contributed by atoms with Crippen LogP contribution in [0.2, 0.25) is 0 Å². The normalized spacial score (nSPS) is 11.7. The Morgan fingerprint density at radius 3 is 2.62 bits per heavy atom. The van der Waals surface area contributed by atoms with Gasteiger partial charge in [0.25, 0.3) is 0 Å². The summed E-state index contributed by atoms with van der Waals surface area (Å²) in [5.74, 6) is -0.374. The van der Waals surface area contributed by atoms with E-state index in [9.17, 15) is 18.0 Å². The average Bonchev–Trinajstić information content (AvgIpc) is 3.46. The molecule has 0 amide bonds. The third-order valence-corrected chi connectivity index (χ3v) is 6.11. The van der Waals surface area contributed by atoms with E-state index in [1.54, 1.807) is 6.20 Å². The predicted octanol–water partition coefficient (Wildman–Crippen LogP) is 4.40. The fourth-order valence-corrected chi connectivity index (χ4v) is 4.62. The van der Waals surface area contributed by atoms with Crippen LogP contribution in [0.15, 0.2) is 47.1 Å². The minimum Gasteiger partial charge on any atom is -0.406 e. The Balaban J connectivity index is 1.48. The first-order chi connectivity index (χ1) is 15.2. The number of thiazole rings is 1. The van der Waals surface area contributed by atoms with Gasteiger partial charge in [-0.25, -0.2) is 4.98 Å². The van der Waals surface area contributed by atoms with E-state index in [-0.39, 0.29) is 17.3 Å². The number of tetrazole rings is 1. The summed E-state index contributed by atoms with van der Waals surface area (Å²) in [4.78, 5) is 17.2. The fraction of sp³-hybridized carbons (Fsp3) is 0.211. The zero-order chi connectivity index (χ0) is 22.9. The summed E-state index contributed by atoms with van der Waals surface area (Å²) in [6, 6.07) is 6.94. The van der Waals surface area contributed by atoms with Gasteiger partial charge >= 0.3 is 6.36 Å². The van der Waals surface area contributed by atoms with Crippen LogP contribution in [-0.4, -0.2) is 47.7 Å². The van der Waals surface area contributed by atoms with Crippen molar-refractivity contribution in [3.05, 3.63) is 58.9 Å². The van der Waals surface area contributed by atoms with E-state index in [2.05, 4.69) is 25.2 Å². The molecule has 0 radical (unpaired) electrons. The van der Waals surface area contributed by atoms with E-state index in [0.717, 1.165) is 40.4 Å². The molecule has 4 aromatic rings. The van der Waals surface area contributed by atoms with Crippen molar-refractivity contribution >= 4 is 28.9 Å². The highest BCUT2D eigenvalue weighted by atomic mass is 32.2. The Labute approximate surface area is 188 Å². The average molecular weight is 480 g/mol. The van der Waals surface area contributed by atoms with E-state index in [1.807, 2.05) is 29.9 Å². The molecular weight excluding hydrogens is 465 g/mol. The number of carbonyl (C=O) groups is 1. The van der Waals surface area contributed by atoms with Crippen LogP contribution in [-0.2, 0) is 0 Å². The van der Waals surface area contributed by atoms with Gasteiger partial charge in [-0.15, -0.1) is 29.6 Å². The summed E-state index contributed by atoms with van der Waals surface area (Å²) in [6.07, 6.45) is -3.06. The Kier molecular flexibility index (Phi) is 6.02. The molecule has 0 aliphatic heterocycles. The molecule has 0 atom stereocenters. The summed E-state index contributed by atoms with van der Waals surface area (Å²) >= 11 is 2.61. The molecule has 0 aliphatic carbocycles. The summed E-state index contributed by atoms with van der Waals surface area (Å²) in [5.41, 5.74) is 2.71. The first kappa shape index (κ1) is 22.0. The van der Waals surface area contributed by atoms with Gasteiger partial charge in [-0.2, -0.15) is 4.68 Å². The SMILES string of the molecule is Cc1cc(C(=O)CSc2nnnn2-c2ccc(OC(F)(F)F)cc2)c(C)n1-c1nccs1. The van der Waals surface area contributed by atoms with E-state index in [4.69, 9.17) is 0 Å². The first-order valence-corrected chi connectivity index (χ1v) is 11.0. The number of Topliss-reactive ketones (excluding diaryl/α,β-unsaturated/α-hetero) is 1. The third kappa shape index (κ3) is 4.67. The predicted molar refractivity (Wildman–Crippen MR) is 112 cm³/mol. The minimum atomic E-state index is -4.77. The zero-order valence-electron chi connectivity index (χ0n) is 16.7. The number of aryl methyl sites for hydroxylation is 1. The third-order valence-electron chi connectivity index (χ3n) is 4.43. The number of alkyl halides is 3. The van der Waals surface area contributed by atoms with E-state index < -0.39 is 6.36 Å². The molecule has 0 spiro atoms. The highest BCUT2D eigenvalue weighted by Crippen LogP contribution is 2.27. The molecule has 13 heteroatoms. The number of nitrogens with zero attached hydrogens (tertiary/aromatic N) is 6. The van der Waals surface area contributed by atoms with Crippen LogP contribution in [0.4, 0.5) is 13.2 Å². The number of halogens is 3. The standard InChI is InChI=1S/C19H15F3N6O2S2/c1-11-9-15(12(2)27(11)17-23-7-8-31-17)16(29)10-32-18-24-25-26-28(18)13-3-5-14(6-4-13)30-19(20,21)22/h3-9H,10H2,1-2H3. The molecule has 0 fully saturated rings. The molecule has 0 saturated heterocycles. The molecule has 3 heterocycles. The minimum absolute atomic E-state index is 0.0812. The van der Waals surface area contributed by atoms with Crippen LogP contribution in [0, 0.1) is 13.8 Å². The van der Waals surface area contributed by atoms with Crippen LogP contribution < -0.4 is 4.74 Å². The van der Waals surface area contributed by atoms with Gasteiger partial charge in [0.1, 0.15) is 5.75 Å². The fourth-order valence-electron chi connectivity index (χ4n) is 3.09. The van der Waals surface area contributed by atoms with Crippen molar-refractivity contribution in [1.82, 2.24) is 29.8 Å².